The zero-order valence-electron chi connectivity index (χ0n) is 25.8. The monoisotopic (exact) mass is 616 g/mol. The number of carbonyl (C=O) groups is 3. The molecular weight excluding hydrogens is 572 g/mol. The predicted octanol–water partition coefficient (Wildman–Crippen LogP) is 5.42. The number of anilines is 1. The molecule has 1 spiro atoms. The van der Waals surface area contributed by atoms with Crippen LogP contribution in [0.4, 0.5) is 5.69 Å². The number of likely N-dealkylation sites (tertiary alicyclic amines) is 1. The molecule has 2 amide bonds. The van der Waals surface area contributed by atoms with Gasteiger partial charge in [0, 0.05) is 17.5 Å². The average Bonchev–Trinajstić information content (AvgIpc) is 3.67. The third-order valence-electron chi connectivity index (χ3n) is 9.44. The van der Waals surface area contributed by atoms with E-state index < -0.39 is 28.7 Å². The largest absolute Gasteiger partial charge is 0.465 e. The summed E-state index contributed by atoms with van der Waals surface area (Å²) >= 11 is 1.62. The Bertz CT molecular complexity index is 1400. The topological polar surface area (TPSA) is 87.1 Å². The number of rotatable bonds is 14. The van der Waals surface area contributed by atoms with Crippen molar-refractivity contribution >= 4 is 35.2 Å². The van der Waals surface area contributed by atoms with Crippen LogP contribution in [-0.4, -0.2) is 69.6 Å². The first-order valence-corrected chi connectivity index (χ1v) is 16.6. The van der Waals surface area contributed by atoms with Crippen molar-refractivity contribution in [3.63, 3.8) is 0 Å². The number of carbonyl (C=O) groups excluding carboxylic acids is 3. The van der Waals surface area contributed by atoms with E-state index in [0.717, 1.165) is 48.1 Å². The molecule has 2 aromatic rings. The van der Waals surface area contributed by atoms with Gasteiger partial charge in [0.1, 0.15) is 6.04 Å². The molecule has 0 radical (unpaired) electrons. The molecule has 2 unspecified atom stereocenters. The average molecular weight is 617 g/mol. The lowest BCUT2D eigenvalue weighted by atomic mass is 9.71. The van der Waals surface area contributed by atoms with Crippen LogP contribution in [0.1, 0.15) is 48.8 Å². The van der Waals surface area contributed by atoms with Crippen LogP contribution >= 0.6 is 11.8 Å². The van der Waals surface area contributed by atoms with E-state index in [4.69, 9.17) is 4.74 Å². The van der Waals surface area contributed by atoms with Gasteiger partial charge in [-0.1, -0.05) is 54.6 Å². The van der Waals surface area contributed by atoms with Gasteiger partial charge in [0.2, 0.25) is 5.91 Å². The van der Waals surface area contributed by atoms with E-state index in [1.807, 2.05) is 68.5 Å². The molecule has 3 heterocycles. The Morgan fingerprint density at radius 2 is 1.93 bits per heavy atom. The number of aliphatic hydroxyl groups is 1. The van der Waals surface area contributed by atoms with E-state index in [2.05, 4.69) is 13.2 Å². The van der Waals surface area contributed by atoms with Gasteiger partial charge in [-0.05, 0) is 75.1 Å². The molecule has 3 aliphatic rings. The minimum atomic E-state index is -0.846. The smallest absolute Gasteiger partial charge is 0.310 e. The molecule has 6 atom stereocenters. The highest BCUT2D eigenvalue weighted by Crippen LogP contribution is 2.67. The van der Waals surface area contributed by atoms with E-state index >= 15 is 0 Å². The maximum absolute atomic E-state index is 15.0. The Labute approximate surface area is 265 Å². The van der Waals surface area contributed by atoms with Crippen LogP contribution in [0.2, 0.25) is 0 Å². The summed E-state index contributed by atoms with van der Waals surface area (Å²) in [4.78, 5) is 46.6. The number of amides is 2. The zero-order chi connectivity index (χ0) is 31.4. The van der Waals surface area contributed by atoms with Gasteiger partial charge >= 0.3 is 5.97 Å². The summed E-state index contributed by atoms with van der Waals surface area (Å²) in [5.74, 6) is -2.09. The molecular formula is C36H44N2O5S. The number of aryl methyl sites for hydroxylation is 2. The maximum atomic E-state index is 15.0. The van der Waals surface area contributed by atoms with Crippen LogP contribution in [0.25, 0.3) is 0 Å². The molecule has 5 rings (SSSR count). The van der Waals surface area contributed by atoms with Crippen molar-refractivity contribution in [2.45, 2.75) is 74.5 Å². The quantitative estimate of drug-likeness (QED) is 0.173. The highest BCUT2D eigenvalue weighted by molar-refractivity contribution is 8.02. The number of fused-ring (bicyclic) bond motifs is 1. The fourth-order valence-corrected chi connectivity index (χ4v) is 9.61. The van der Waals surface area contributed by atoms with Crippen LogP contribution in [-0.2, 0) is 25.5 Å². The summed E-state index contributed by atoms with van der Waals surface area (Å²) in [5, 5.41) is 10.7. The van der Waals surface area contributed by atoms with Crippen LogP contribution in [0, 0.1) is 25.7 Å². The third-order valence-corrected chi connectivity index (χ3v) is 11.4. The summed E-state index contributed by atoms with van der Waals surface area (Å²) in [5.41, 5.74) is 3.70. The number of unbranched alkanes of at least 4 members (excludes halogenated alkanes) is 2. The van der Waals surface area contributed by atoms with Gasteiger partial charge in [0.15, 0.2) is 0 Å². The Hall–Kier alpha value is -3.36. The summed E-state index contributed by atoms with van der Waals surface area (Å²) in [6.45, 7) is 11.9. The summed E-state index contributed by atoms with van der Waals surface area (Å²) in [7, 11) is 0. The number of benzene rings is 2. The van der Waals surface area contributed by atoms with Crippen molar-refractivity contribution in [2.24, 2.45) is 11.8 Å². The van der Waals surface area contributed by atoms with Crippen LogP contribution in [0.15, 0.2) is 73.8 Å². The van der Waals surface area contributed by atoms with Gasteiger partial charge < -0.3 is 19.6 Å². The summed E-state index contributed by atoms with van der Waals surface area (Å²) in [6, 6.07) is 14.2. The Kier molecular flexibility index (Phi) is 10.0. The Morgan fingerprint density at radius 1 is 1.16 bits per heavy atom. The number of hydrogen-bond donors (Lipinski definition) is 1. The second kappa shape index (κ2) is 13.7. The highest BCUT2D eigenvalue weighted by atomic mass is 32.2. The molecule has 234 valence electrons. The lowest BCUT2D eigenvalue weighted by Gasteiger charge is -2.40. The van der Waals surface area contributed by atoms with Gasteiger partial charge in [-0.25, -0.2) is 0 Å². The number of hydrogen-bond acceptors (Lipinski definition) is 6. The number of ether oxygens (including phenoxy) is 1. The molecule has 2 aromatic carbocycles. The molecule has 0 aromatic heterocycles. The molecule has 3 fully saturated rings. The molecule has 3 saturated heterocycles. The molecule has 7 nitrogen and oxygen atoms in total. The SMILES string of the molecule is C=CCCCCOC(=O)[C@@H]1[C@H]2C(=O)N([C@@H](CO)Cc3ccccc3)C(C(=O)N(CC=C)c3cc(C)ccc3C)C23CC[C@H]1S3. The Balaban J connectivity index is 1.55. The summed E-state index contributed by atoms with van der Waals surface area (Å²) < 4.78 is 4.98. The van der Waals surface area contributed by atoms with E-state index in [9.17, 15) is 19.5 Å². The van der Waals surface area contributed by atoms with Crippen molar-refractivity contribution in [3.8, 4) is 0 Å². The number of aliphatic hydroxyl groups excluding tert-OH is 1. The number of esters is 1. The first-order valence-electron chi connectivity index (χ1n) is 15.7. The van der Waals surface area contributed by atoms with Crippen molar-refractivity contribution in [1.82, 2.24) is 4.90 Å². The molecule has 0 aliphatic carbocycles. The minimum absolute atomic E-state index is 0.0858. The molecule has 8 heteroatoms. The fraction of sp³-hybridized carbons (Fsp3) is 0.472. The van der Waals surface area contributed by atoms with Gasteiger partial charge in [-0.3, -0.25) is 14.4 Å². The molecule has 0 saturated carbocycles. The van der Waals surface area contributed by atoms with Gasteiger partial charge in [0.05, 0.1) is 35.8 Å². The first-order chi connectivity index (χ1) is 21.3. The molecule has 2 bridgehead atoms. The minimum Gasteiger partial charge on any atom is -0.465 e. The lowest BCUT2D eigenvalue weighted by Crippen LogP contribution is -2.58. The second-order valence-electron chi connectivity index (χ2n) is 12.3. The normalized spacial score (nSPS) is 25.9. The number of allylic oxidation sites excluding steroid dienone is 1. The molecule has 3 aliphatic heterocycles. The van der Waals surface area contributed by atoms with Gasteiger partial charge in [-0.15, -0.1) is 24.9 Å². The maximum Gasteiger partial charge on any atom is 0.310 e. The van der Waals surface area contributed by atoms with Gasteiger partial charge in [-0.2, -0.15) is 0 Å². The van der Waals surface area contributed by atoms with Crippen LogP contribution < -0.4 is 4.90 Å². The van der Waals surface area contributed by atoms with E-state index in [1.165, 1.54) is 0 Å². The molecule has 1 N–H and O–H groups in total. The molecule has 44 heavy (non-hydrogen) atoms. The van der Waals surface area contributed by atoms with Crippen molar-refractivity contribution < 1.29 is 24.2 Å². The Morgan fingerprint density at radius 3 is 2.64 bits per heavy atom. The zero-order valence-corrected chi connectivity index (χ0v) is 26.6. The van der Waals surface area contributed by atoms with Gasteiger partial charge in [0.25, 0.3) is 5.91 Å². The summed E-state index contributed by atoms with van der Waals surface area (Å²) in [6.07, 6.45) is 7.79. The number of nitrogens with zero attached hydrogens (tertiary/aromatic N) is 2. The second-order valence-corrected chi connectivity index (χ2v) is 13.9. The third kappa shape index (κ3) is 5.86. The van der Waals surface area contributed by atoms with Crippen molar-refractivity contribution in [3.05, 3.63) is 90.5 Å². The standard InChI is InChI=1S/C36H44N2O5S/c1-5-7-8-12-20-43-35(42)30-29-17-18-36(44-29)31(30)33(40)38(27(23-39)22-26-13-10-9-11-14-26)32(36)34(41)37(19-6-2)28-21-24(3)15-16-25(28)4/h5-6,9-11,13-16,21,27,29-32,39H,1-2,7-8,12,17-20,22-23H2,3-4H3/t27-,29-,30+,31+,32?,36?/m1/s1. The van der Waals surface area contributed by atoms with Crippen molar-refractivity contribution in [1.29, 1.82) is 0 Å². The fourth-order valence-electron chi connectivity index (χ4n) is 7.42. The first kappa shape index (κ1) is 32.0. The van der Waals surface area contributed by atoms with E-state index in [0.29, 0.717) is 19.4 Å². The van der Waals surface area contributed by atoms with E-state index in [1.54, 1.807) is 27.6 Å². The van der Waals surface area contributed by atoms with E-state index in [-0.39, 0.29) is 36.2 Å². The predicted molar refractivity (Wildman–Crippen MR) is 175 cm³/mol. The van der Waals surface area contributed by atoms with Crippen LogP contribution in [0.3, 0.4) is 0 Å². The highest BCUT2D eigenvalue weighted by Gasteiger charge is 2.74. The van der Waals surface area contributed by atoms with Crippen molar-refractivity contribution in [2.75, 3.05) is 24.7 Å². The number of thioether (sulfide) groups is 1. The van der Waals surface area contributed by atoms with Crippen LogP contribution in [0.5, 0.6) is 0 Å². The lowest BCUT2D eigenvalue weighted by molar-refractivity contribution is -0.154.